The molecule has 2 N–H and O–H groups in total. The number of nitrogens with one attached hydrogen (secondary N) is 2. The van der Waals surface area contributed by atoms with E-state index < -0.39 is 0 Å². The molecule has 182 valence electrons. The molecule has 1 heterocycles. The molecule has 3 rings (SSSR count). The minimum atomic E-state index is -0.0540. The third-order valence-corrected chi connectivity index (χ3v) is 4.97. The number of pyridine rings is 1. The number of hydrogen-bond donors (Lipinski definition) is 2. The van der Waals surface area contributed by atoms with E-state index in [-0.39, 0.29) is 35.6 Å². The maximum absolute atomic E-state index is 11.9. The summed E-state index contributed by atoms with van der Waals surface area (Å²) in [4.78, 5) is 16.6. The second kappa shape index (κ2) is 14.3. The lowest BCUT2D eigenvalue weighted by Crippen LogP contribution is -2.41. The van der Waals surface area contributed by atoms with Crippen molar-refractivity contribution in [2.75, 3.05) is 20.2 Å². The van der Waals surface area contributed by atoms with E-state index >= 15 is 0 Å². The van der Waals surface area contributed by atoms with Crippen molar-refractivity contribution in [1.82, 2.24) is 15.2 Å². The summed E-state index contributed by atoms with van der Waals surface area (Å²) in [5, 5.41) is 6.60. The van der Waals surface area contributed by atoms with Gasteiger partial charge in [-0.1, -0.05) is 36.4 Å². The molecule has 8 heteroatoms. The summed E-state index contributed by atoms with van der Waals surface area (Å²) in [5.74, 6) is 2.27. The van der Waals surface area contributed by atoms with Gasteiger partial charge in [0, 0.05) is 24.9 Å². The smallest absolute Gasteiger partial charge is 0.250 e. The van der Waals surface area contributed by atoms with Crippen LogP contribution in [0.15, 0.2) is 82.7 Å². The van der Waals surface area contributed by atoms with Crippen LogP contribution in [0.2, 0.25) is 0 Å². The molecule has 0 saturated carbocycles. The number of hydrogen-bond acceptors (Lipinski definition) is 4. The molecule has 34 heavy (non-hydrogen) atoms. The molecule has 0 aliphatic carbocycles. The fourth-order valence-corrected chi connectivity index (χ4v) is 3.24. The van der Waals surface area contributed by atoms with E-state index in [1.807, 2.05) is 68.4 Å². The normalized spacial score (nSPS) is 11.8. The number of aromatic nitrogens is 1. The molecule has 3 aromatic rings. The number of aliphatic imine (C=N–C) groups is 1. The standard InChI is InChI=1S/C26H32N4O3.HI/c1-4-27-26(28-17-20(2)33-24-9-7-8-23(16-24)32-3)29-18-21-11-13-22(14-12-21)19-30-15-6-5-10-25(30)31;/h5-16,20H,4,17-19H2,1-3H3,(H2,27,28,29);1H. The fourth-order valence-electron chi connectivity index (χ4n) is 3.24. The SMILES string of the molecule is CCNC(=NCc1ccc(Cn2ccccc2=O)cc1)NCC(C)Oc1cccc(OC)c1.I. The van der Waals surface area contributed by atoms with Crippen LogP contribution in [0.25, 0.3) is 0 Å². The first-order valence-corrected chi connectivity index (χ1v) is 11.1. The molecule has 1 atom stereocenters. The molecule has 0 aliphatic heterocycles. The molecule has 0 saturated heterocycles. The van der Waals surface area contributed by atoms with Gasteiger partial charge in [-0.15, -0.1) is 24.0 Å². The van der Waals surface area contributed by atoms with Gasteiger partial charge < -0.3 is 24.7 Å². The van der Waals surface area contributed by atoms with Gasteiger partial charge in [0.2, 0.25) is 0 Å². The highest BCUT2D eigenvalue weighted by Gasteiger charge is 2.07. The minimum Gasteiger partial charge on any atom is -0.497 e. The summed E-state index contributed by atoms with van der Waals surface area (Å²) in [6.07, 6.45) is 1.75. The van der Waals surface area contributed by atoms with E-state index in [1.54, 1.807) is 30.0 Å². The van der Waals surface area contributed by atoms with Gasteiger partial charge in [-0.2, -0.15) is 0 Å². The largest absolute Gasteiger partial charge is 0.497 e. The first kappa shape index (κ1) is 27.2. The molecule has 1 aromatic heterocycles. The maximum atomic E-state index is 11.9. The Morgan fingerprint density at radius 3 is 2.44 bits per heavy atom. The van der Waals surface area contributed by atoms with Crippen LogP contribution >= 0.6 is 24.0 Å². The van der Waals surface area contributed by atoms with Crippen molar-refractivity contribution < 1.29 is 9.47 Å². The Bertz CT molecular complexity index is 1100. The highest BCUT2D eigenvalue weighted by molar-refractivity contribution is 14.0. The number of methoxy groups -OCH3 is 1. The zero-order valence-electron chi connectivity index (χ0n) is 19.9. The lowest BCUT2D eigenvalue weighted by molar-refractivity contribution is 0.223. The molecule has 0 aliphatic rings. The first-order chi connectivity index (χ1) is 16.1. The Balaban J connectivity index is 0.00000408. The molecule has 0 amide bonds. The summed E-state index contributed by atoms with van der Waals surface area (Å²) in [6.45, 7) is 6.51. The molecule has 0 fully saturated rings. The minimum absolute atomic E-state index is 0. The third-order valence-electron chi connectivity index (χ3n) is 4.97. The quantitative estimate of drug-likeness (QED) is 0.217. The number of ether oxygens (including phenoxy) is 2. The zero-order valence-corrected chi connectivity index (χ0v) is 22.2. The van der Waals surface area contributed by atoms with Crippen LogP contribution in [0.4, 0.5) is 0 Å². The number of nitrogens with zero attached hydrogens (tertiary/aromatic N) is 2. The summed E-state index contributed by atoms with van der Waals surface area (Å²) < 4.78 is 12.9. The van der Waals surface area contributed by atoms with E-state index in [4.69, 9.17) is 9.47 Å². The van der Waals surface area contributed by atoms with Crippen LogP contribution in [-0.2, 0) is 13.1 Å². The summed E-state index contributed by atoms with van der Waals surface area (Å²) in [5.41, 5.74) is 2.17. The number of benzene rings is 2. The van der Waals surface area contributed by atoms with Crippen molar-refractivity contribution in [1.29, 1.82) is 0 Å². The van der Waals surface area contributed by atoms with E-state index in [1.165, 1.54) is 0 Å². The zero-order chi connectivity index (χ0) is 23.5. The van der Waals surface area contributed by atoms with Crippen LogP contribution in [-0.4, -0.2) is 36.8 Å². The Kier molecular flexibility index (Phi) is 11.5. The van der Waals surface area contributed by atoms with Crippen LogP contribution < -0.4 is 25.7 Å². The monoisotopic (exact) mass is 576 g/mol. The highest BCUT2D eigenvalue weighted by atomic mass is 127. The van der Waals surface area contributed by atoms with Crippen LogP contribution in [0.3, 0.4) is 0 Å². The Morgan fingerprint density at radius 2 is 1.74 bits per heavy atom. The Morgan fingerprint density at radius 1 is 1.00 bits per heavy atom. The first-order valence-electron chi connectivity index (χ1n) is 11.1. The fraction of sp³-hybridized carbons (Fsp3) is 0.308. The Hall–Kier alpha value is -3.01. The van der Waals surface area contributed by atoms with Crippen molar-refractivity contribution >= 4 is 29.9 Å². The summed E-state index contributed by atoms with van der Waals surface area (Å²) in [6, 6.07) is 20.9. The number of halogens is 1. The molecule has 1 unspecified atom stereocenters. The van der Waals surface area contributed by atoms with Gasteiger partial charge in [-0.25, -0.2) is 4.99 Å². The second-order valence-electron chi connectivity index (χ2n) is 7.67. The average molecular weight is 576 g/mol. The Labute approximate surface area is 218 Å². The van der Waals surface area contributed by atoms with Crippen molar-refractivity contribution in [3.05, 3.63) is 94.4 Å². The van der Waals surface area contributed by atoms with Crippen LogP contribution in [0, 0.1) is 0 Å². The molecular formula is C26H33IN4O3. The van der Waals surface area contributed by atoms with Gasteiger partial charge >= 0.3 is 0 Å². The van der Waals surface area contributed by atoms with Crippen molar-refractivity contribution in [2.24, 2.45) is 4.99 Å². The van der Waals surface area contributed by atoms with Gasteiger partial charge in [0.15, 0.2) is 5.96 Å². The molecule has 2 aromatic carbocycles. The summed E-state index contributed by atoms with van der Waals surface area (Å²) in [7, 11) is 1.64. The average Bonchev–Trinajstić information content (AvgIpc) is 2.83. The topological polar surface area (TPSA) is 76.9 Å². The molecule has 7 nitrogen and oxygen atoms in total. The van der Waals surface area contributed by atoms with E-state index in [0.29, 0.717) is 19.6 Å². The lowest BCUT2D eigenvalue weighted by atomic mass is 10.1. The van der Waals surface area contributed by atoms with Crippen molar-refractivity contribution in [2.45, 2.75) is 33.0 Å². The molecule has 0 bridgehead atoms. The summed E-state index contributed by atoms with van der Waals surface area (Å²) >= 11 is 0. The molecule has 0 spiro atoms. The van der Waals surface area contributed by atoms with Crippen molar-refractivity contribution in [3.8, 4) is 11.5 Å². The second-order valence-corrected chi connectivity index (χ2v) is 7.67. The number of rotatable bonds is 10. The van der Waals surface area contributed by atoms with Gasteiger partial charge in [0.25, 0.3) is 5.56 Å². The number of guanidine groups is 1. The lowest BCUT2D eigenvalue weighted by Gasteiger charge is -2.18. The highest BCUT2D eigenvalue weighted by Crippen LogP contribution is 2.19. The predicted octanol–water partition coefficient (Wildman–Crippen LogP) is 4.05. The van der Waals surface area contributed by atoms with E-state index in [0.717, 1.165) is 35.1 Å². The predicted molar refractivity (Wildman–Crippen MR) is 148 cm³/mol. The van der Waals surface area contributed by atoms with Gasteiger partial charge in [0.05, 0.1) is 26.7 Å². The van der Waals surface area contributed by atoms with Crippen LogP contribution in [0.1, 0.15) is 25.0 Å². The van der Waals surface area contributed by atoms with Gasteiger partial charge in [-0.05, 0) is 43.2 Å². The third kappa shape index (κ3) is 8.74. The van der Waals surface area contributed by atoms with E-state index in [9.17, 15) is 4.79 Å². The van der Waals surface area contributed by atoms with Crippen molar-refractivity contribution in [3.63, 3.8) is 0 Å². The molecule has 0 radical (unpaired) electrons. The van der Waals surface area contributed by atoms with Gasteiger partial charge in [0.1, 0.15) is 17.6 Å². The van der Waals surface area contributed by atoms with Gasteiger partial charge in [-0.3, -0.25) is 4.79 Å². The maximum Gasteiger partial charge on any atom is 0.250 e. The molecular weight excluding hydrogens is 543 g/mol. The van der Waals surface area contributed by atoms with E-state index in [2.05, 4.69) is 15.6 Å². The van der Waals surface area contributed by atoms with Crippen LogP contribution in [0.5, 0.6) is 11.5 Å².